The van der Waals surface area contributed by atoms with E-state index in [4.69, 9.17) is 14.6 Å². The second-order valence-electron chi connectivity index (χ2n) is 6.84. The van der Waals surface area contributed by atoms with Gasteiger partial charge in [-0.15, -0.1) is 0 Å². The molecule has 0 aromatic rings. The predicted octanol–water partition coefficient (Wildman–Crippen LogP) is -5.03. The molecule has 1 unspecified atom stereocenters. The SMILES string of the molecule is O=C(O)[C@H](C[C@H](O)C(=O)NC1OCC=C1CO)NC[C@@]1(O)OC[C@@H](O)[C@@H](O)[C@@H]1O. The first-order valence-electron chi connectivity index (χ1n) is 8.85. The molecule has 1 amide bonds. The van der Waals surface area contributed by atoms with E-state index in [0.717, 1.165) is 0 Å². The standard InChI is InChI=1S/C16H26N2O11/c19-4-7-1-2-28-14(7)18-13(24)9(20)3-8(15(25)26)17-6-16(27)12(23)11(22)10(21)5-29-16/h1,8-12,14,17,19-23,27H,2-6H2,(H,18,24)(H,25,26)/t8-,9-,10+,11+,12-,14?,16+/m0/s1. The van der Waals surface area contributed by atoms with Gasteiger partial charge in [0.1, 0.15) is 30.5 Å². The Morgan fingerprint density at radius 1 is 1.31 bits per heavy atom. The van der Waals surface area contributed by atoms with Gasteiger partial charge in [-0.2, -0.15) is 0 Å². The van der Waals surface area contributed by atoms with Crippen molar-refractivity contribution in [3.05, 3.63) is 11.6 Å². The van der Waals surface area contributed by atoms with Crippen molar-refractivity contribution in [2.24, 2.45) is 0 Å². The number of aliphatic hydroxyl groups excluding tert-OH is 5. The number of amides is 1. The first kappa shape index (κ1) is 23.6. The Bertz CT molecular complexity index is 630. The molecule has 0 aromatic carbocycles. The van der Waals surface area contributed by atoms with Gasteiger partial charge < -0.3 is 50.5 Å². The van der Waals surface area contributed by atoms with Gasteiger partial charge in [0.25, 0.3) is 5.91 Å². The number of carboxylic acids is 1. The average molecular weight is 422 g/mol. The van der Waals surface area contributed by atoms with Gasteiger partial charge in [-0.05, 0) is 0 Å². The van der Waals surface area contributed by atoms with Crippen LogP contribution in [0.2, 0.25) is 0 Å². The third kappa shape index (κ3) is 5.69. The Balaban J connectivity index is 1.91. The van der Waals surface area contributed by atoms with Gasteiger partial charge in [0.15, 0.2) is 6.23 Å². The number of nitrogens with one attached hydrogen (secondary N) is 2. The number of hydrogen-bond acceptors (Lipinski definition) is 11. The van der Waals surface area contributed by atoms with Crippen molar-refractivity contribution in [3.8, 4) is 0 Å². The van der Waals surface area contributed by atoms with Gasteiger partial charge in [-0.3, -0.25) is 14.9 Å². The molecule has 13 nitrogen and oxygen atoms in total. The minimum Gasteiger partial charge on any atom is -0.480 e. The van der Waals surface area contributed by atoms with Crippen LogP contribution in [0.15, 0.2) is 11.6 Å². The highest BCUT2D eigenvalue weighted by molar-refractivity contribution is 5.82. The largest absolute Gasteiger partial charge is 0.480 e. The number of carboxylic acid groups (broad SMARTS) is 1. The zero-order valence-corrected chi connectivity index (χ0v) is 15.3. The predicted molar refractivity (Wildman–Crippen MR) is 92.0 cm³/mol. The van der Waals surface area contributed by atoms with Crippen LogP contribution in [0.4, 0.5) is 0 Å². The van der Waals surface area contributed by atoms with E-state index in [1.807, 2.05) is 0 Å². The van der Waals surface area contributed by atoms with E-state index in [1.165, 1.54) is 0 Å². The van der Waals surface area contributed by atoms with E-state index in [2.05, 4.69) is 10.6 Å². The lowest BCUT2D eigenvalue weighted by Crippen LogP contribution is -2.65. The zero-order chi connectivity index (χ0) is 21.8. The maximum atomic E-state index is 12.1. The van der Waals surface area contributed by atoms with Crippen LogP contribution in [-0.2, 0) is 19.1 Å². The highest BCUT2D eigenvalue weighted by Crippen LogP contribution is 2.23. The molecular formula is C16H26N2O11. The maximum Gasteiger partial charge on any atom is 0.320 e. The fourth-order valence-corrected chi connectivity index (χ4v) is 2.89. The second kappa shape index (κ2) is 9.88. The van der Waals surface area contributed by atoms with Crippen LogP contribution in [0.5, 0.6) is 0 Å². The Labute approximate surface area is 165 Å². The molecule has 9 N–H and O–H groups in total. The van der Waals surface area contributed by atoms with Crippen LogP contribution in [0.25, 0.3) is 0 Å². The summed E-state index contributed by atoms with van der Waals surface area (Å²) < 4.78 is 10.1. The molecule has 13 heteroatoms. The molecule has 2 rings (SSSR count). The van der Waals surface area contributed by atoms with E-state index in [9.17, 15) is 40.2 Å². The Kier molecular flexibility index (Phi) is 8.04. The van der Waals surface area contributed by atoms with Crippen molar-refractivity contribution in [3.63, 3.8) is 0 Å². The van der Waals surface area contributed by atoms with Crippen LogP contribution in [0.3, 0.4) is 0 Å². The Hall–Kier alpha value is -1.68. The van der Waals surface area contributed by atoms with E-state index in [-0.39, 0.29) is 13.2 Å². The topological polar surface area (TPSA) is 218 Å². The smallest absolute Gasteiger partial charge is 0.320 e. The fraction of sp³-hybridized carbons (Fsp3) is 0.750. The first-order valence-corrected chi connectivity index (χ1v) is 8.85. The quantitative estimate of drug-likeness (QED) is 0.159. The lowest BCUT2D eigenvalue weighted by molar-refractivity contribution is -0.318. The number of ether oxygens (including phenoxy) is 2. The summed E-state index contributed by atoms with van der Waals surface area (Å²) in [6.07, 6.45) is -6.82. The first-order chi connectivity index (χ1) is 13.6. The number of carbonyl (C=O) groups is 2. The van der Waals surface area contributed by atoms with Crippen LogP contribution < -0.4 is 10.6 Å². The monoisotopic (exact) mass is 422 g/mol. The summed E-state index contributed by atoms with van der Waals surface area (Å²) in [6, 6.07) is -1.53. The maximum absolute atomic E-state index is 12.1. The van der Waals surface area contributed by atoms with Gasteiger partial charge in [0, 0.05) is 12.0 Å². The molecule has 0 aliphatic carbocycles. The molecule has 0 radical (unpaired) electrons. The molecule has 0 saturated carbocycles. The minimum atomic E-state index is -2.39. The van der Waals surface area contributed by atoms with E-state index in [1.54, 1.807) is 6.08 Å². The Morgan fingerprint density at radius 2 is 2.00 bits per heavy atom. The van der Waals surface area contributed by atoms with Crippen molar-refractivity contribution in [2.75, 3.05) is 26.4 Å². The highest BCUT2D eigenvalue weighted by Gasteiger charge is 2.48. The van der Waals surface area contributed by atoms with Gasteiger partial charge in [-0.25, -0.2) is 0 Å². The lowest BCUT2D eigenvalue weighted by Gasteiger charge is -2.42. The molecular weight excluding hydrogens is 396 g/mol. The third-order valence-electron chi connectivity index (χ3n) is 4.75. The number of aliphatic hydroxyl groups is 6. The highest BCUT2D eigenvalue weighted by atomic mass is 16.6. The zero-order valence-electron chi connectivity index (χ0n) is 15.3. The normalized spacial score (nSPS) is 34.3. The Morgan fingerprint density at radius 3 is 2.62 bits per heavy atom. The summed E-state index contributed by atoms with van der Waals surface area (Å²) in [5.74, 6) is -4.78. The third-order valence-corrected chi connectivity index (χ3v) is 4.75. The minimum absolute atomic E-state index is 0.164. The second-order valence-corrected chi connectivity index (χ2v) is 6.84. The molecule has 0 spiro atoms. The number of rotatable bonds is 9. The lowest BCUT2D eigenvalue weighted by atomic mass is 9.96. The number of aliphatic carboxylic acids is 1. The van der Waals surface area contributed by atoms with Crippen molar-refractivity contribution in [1.29, 1.82) is 0 Å². The van der Waals surface area contributed by atoms with Crippen molar-refractivity contribution < 1.29 is 54.8 Å². The van der Waals surface area contributed by atoms with Crippen LogP contribution in [0, 0.1) is 0 Å². The molecule has 2 heterocycles. The molecule has 2 aliphatic rings. The fourth-order valence-electron chi connectivity index (χ4n) is 2.89. The van der Waals surface area contributed by atoms with E-state index >= 15 is 0 Å². The number of hydrogen-bond donors (Lipinski definition) is 9. The molecule has 7 atom stereocenters. The van der Waals surface area contributed by atoms with Crippen molar-refractivity contribution in [1.82, 2.24) is 10.6 Å². The molecule has 1 saturated heterocycles. The molecule has 29 heavy (non-hydrogen) atoms. The molecule has 0 aromatic heterocycles. The van der Waals surface area contributed by atoms with Crippen LogP contribution in [0.1, 0.15) is 6.42 Å². The van der Waals surface area contributed by atoms with Crippen molar-refractivity contribution in [2.45, 2.75) is 48.9 Å². The summed E-state index contributed by atoms with van der Waals surface area (Å²) in [6.45, 7) is -1.37. The van der Waals surface area contributed by atoms with Gasteiger partial charge in [0.2, 0.25) is 5.79 Å². The molecule has 166 valence electrons. The van der Waals surface area contributed by atoms with Crippen LogP contribution in [-0.4, -0.2) is 116 Å². The van der Waals surface area contributed by atoms with E-state index < -0.39 is 73.9 Å². The summed E-state index contributed by atoms with van der Waals surface area (Å²) in [4.78, 5) is 23.5. The molecule has 2 aliphatic heterocycles. The average Bonchev–Trinajstić information content (AvgIpc) is 3.13. The van der Waals surface area contributed by atoms with Gasteiger partial charge >= 0.3 is 5.97 Å². The van der Waals surface area contributed by atoms with Crippen LogP contribution >= 0.6 is 0 Å². The summed E-state index contributed by atoms with van der Waals surface area (Å²) >= 11 is 0. The summed E-state index contributed by atoms with van der Waals surface area (Å²) in [5.41, 5.74) is 0.393. The van der Waals surface area contributed by atoms with E-state index in [0.29, 0.717) is 5.57 Å². The van der Waals surface area contributed by atoms with Crippen molar-refractivity contribution >= 4 is 11.9 Å². The van der Waals surface area contributed by atoms with Gasteiger partial charge in [0.05, 0.1) is 26.4 Å². The summed E-state index contributed by atoms with van der Waals surface area (Å²) in [5, 5.41) is 72.3. The number of carbonyl (C=O) groups excluding carboxylic acids is 1. The summed E-state index contributed by atoms with van der Waals surface area (Å²) in [7, 11) is 0. The van der Waals surface area contributed by atoms with Gasteiger partial charge in [-0.1, -0.05) is 6.08 Å². The molecule has 0 bridgehead atoms. The molecule has 1 fully saturated rings.